The highest BCUT2D eigenvalue weighted by Crippen LogP contribution is 2.32. The van der Waals surface area contributed by atoms with Gasteiger partial charge in [-0.25, -0.2) is 4.79 Å². The zero-order valence-electron chi connectivity index (χ0n) is 18.9. The number of piperidine rings is 1. The molecule has 0 spiro atoms. The first kappa shape index (κ1) is 21.7. The fraction of sp³-hybridized carbons (Fsp3) is 0.680. The normalized spacial score (nSPS) is 26.1. The van der Waals surface area contributed by atoms with Gasteiger partial charge in [-0.15, -0.1) is 0 Å². The van der Waals surface area contributed by atoms with E-state index in [1.807, 2.05) is 0 Å². The molecule has 5 rings (SSSR count). The zero-order chi connectivity index (χ0) is 21.9. The Balaban J connectivity index is 1.00. The maximum atomic E-state index is 13.1. The lowest BCUT2D eigenvalue weighted by Gasteiger charge is -2.39. The van der Waals surface area contributed by atoms with Gasteiger partial charge in [-0.05, 0) is 49.7 Å². The number of benzene rings is 1. The summed E-state index contributed by atoms with van der Waals surface area (Å²) in [6, 6.07) is 9.16. The summed E-state index contributed by atoms with van der Waals surface area (Å²) >= 11 is 0. The molecule has 2 amide bonds. The van der Waals surface area contributed by atoms with Gasteiger partial charge in [-0.3, -0.25) is 9.69 Å². The van der Waals surface area contributed by atoms with Crippen LogP contribution in [0.2, 0.25) is 0 Å². The molecule has 1 aromatic carbocycles. The lowest BCUT2D eigenvalue weighted by Crippen LogP contribution is -2.53. The van der Waals surface area contributed by atoms with Gasteiger partial charge >= 0.3 is 6.09 Å². The molecule has 7 nitrogen and oxygen atoms in total. The molecule has 0 radical (unpaired) electrons. The van der Waals surface area contributed by atoms with E-state index in [0.717, 1.165) is 58.2 Å². The number of hydrogen-bond acceptors (Lipinski definition) is 5. The van der Waals surface area contributed by atoms with Gasteiger partial charge in [0.2, 0.25) is 5.91 Å². The molecule has 2 bridgehead atoms. The Bertz CT molecular complexity index is 807. The number of amides is 2. The van der Waals surface area contributed by atoms with E-state index in [2.05, 4.69) is 34.1 Å². The summed E-state index contributed by atoms with van der Waals surface area (Å²) in [6.07, 6.45) is 5.30. The van der Waals surface area contributed by atoms with E-state index in [4.69, 9.17) is 9.47 Å². The molecule has 32 heavy (non-hydrogen) atoms. The monoisotopic (exact) mass is 441 g/mol. The summed E-state index contributed by atoms with van der Waals surface area (Å²) in [5.41, 5.74) is 2.87. The minimum atomic E-state index is -0.230. The molecule has 0 N–H and O–H groups in total. The Hall–Kier alpha value is -2.12. The van der Waals surface area contributed by atoms with Crippen LogP contribution in [0.5, 0.6) is 0 Å². The van der Waals surface area contributed by atoms with Crippen molar-refractivity contribution in [2.75, 3.05) is 46.0 Å². The van der Waals surface area contributed by atoms with Crippen molar-refractivity contribution in [3.63, 3.8) is 0 Å². The van der Waals surface area contributed by atoms with Crippen molar-refractivity contribution < 1.29 is 19.1 Å². The SMILES string of the molecule is O=C(OCCCN1CCc2ccccc2C1)N1CCC(C(=O)N2C3CCC2COC3)CC1. The fourth-order valence-electron chi connectivity index (χ4n) is 5.79. The number of carbonyl (C=O) groups is 2. The molecule has 0 saturated carbocycles. The van der Waals surface area contributed by atoms with Crippen LogP contribution < -0.4 is 0 Å². The smallest absolute Gasteiger partial charge is 0.409 e. The molecule has 3 saturated heterocycles. The molecule has 0 aromatic heterocycles. The molecule has 3 fully saturated rings. The average molecular weight is 442 g/mol. The maximum absolute atomic E-state index is 13.1. The zero-order valence-corrected chi connectivity index (χ0v) is 18.9. The third kappa shape index (κ3) is 4.64. The number of carbonyl (C=O) groups excluding carboxylic acids is 2. The summed E-state index contributed by atoms with van der Waals surface area (Å²) in [7, 11) is 0. The number of nitrogens with zero attached hydrogens (tertiary/aromatic N) is 3. The second-order valence-electron chi connectivity index (χ2n) is 9.69. The van der Waals surface area contributed by atoms with Gasteiger partial charge in [-0.2, -0.15) is 0 Å². The summed E-state index contributed by atoms with van der Waals surface area (Å²) in [5, 5.41) is 0. The Morgan fingerprint density at radius 2 is 1.69 bits per heavy atom. The number of ether oxygens (including phenoxy) is 2. The van der Waals surface area contributed by atoms with E-state index < -0.39 is 0 Å². The molecule has 4 aliphatic rings. The van der Waals surface area contributed by atoms with E-state index in [1.165, 1.54) is 11.1 Å². The largest absolute Gasteiger partial charge is 0.449 e. The second kappa shape index (κ2) is 9.79. The molecular formula is C25H35N3O4. The van der Waals surface area contributed by atoms with Gasteiger partial charge in [0.05, 0.1) is 31.9 Å². The van der Waals surface area contributed by atoms with Gasteiger partial charge in [0.1, 0.15) is 0 Å². The Labute approximate surface area is 190 Å². The molecule has 0 aliphatic carbocycles. The van der Waals surface area contributed by atoms with E-state index in [-0.39, 0.29) is 30.0 Å². The van der Waals surface area contributed by atoms with Gasteiger partial charge in [0.15, 0.2) is 0 Å². The van der Waals surface area contributed by atoms with Gasteiger partial charge in [0, 0.05) is 38.6 Å². The minimum Gasteiger partial charge on any atom is -0.449 e. The van der Waals surface area contributed by atoms with E-state index in [9.17, 15) is 9.59 Å². The predicted octanol–water partition coefficient (Wildman–Crippen LogP) is 2.67. The molecule has 7 heteroatoms. The molecular weight excluding hydrogens is 406 g/mol. The van der Waals surface area contributed by atoms with Crippen molar-refractivity contribution in [3.8, 4) is 0 Å². The number of fused-ring (bicyclic) bond motifs is 3. The molecule has 2 unspecified atom stereocenters. The van der Waals surface area contributed by atoms with Gasteiger partial charge in [0.25, 0.3) is 0 Å². The Morgan fingerprint density at radius 3 is 2.44 bits per heavy atom. The van der Waals surface area contributed by atoms with Crippen LogP contribution >= 0.6 is 0 Å². The van der Waals surface area contributed by atoms with Gasteiger partial charge in [-0.1, -0.05) is 24.3 Å². The van der Waals surface area contributed by atoms with Crippen molar-refractivity contribution in [1.82, 2.24) is 14.7 Å². The highest BCUT2D eigenvalue weighted by atomic mass is 16.6. The van der Waals surface area contributed by atoms with Crippen molar-refractivity contribution in [3.05, 3.63) is 35.4 Å². The third-order valence-corrected chi connectivity index (χ3v) is 7.65. The van der Waals surface area contributed by atoms with Crippen molar-refractivity contribution in [2.45, 2.75) is 57.2 Å². The standard InChI is InChI=1S/C25H35N3O4/c29-24(28-22-6-7-23(28)18-31-17-22)20-9-13-27(14-10-20)25(30)32-15-3-11-26-12-8-19-4-1-2-5-21(19)16-26/h1-2,4-5,20,22-23H,3,6-18H2. The Morgan fingerprint density at radius 1 is 0.969 bits per heavy atom. The predicted molar refractivity (Wildman–Crippen MR) is 120 cm³/mol. The van der Waals surface area contributed by atoms with Crippen LogP contribution in [0.25, 0.3) is 0 Å². The summed E-state index contributed by atoms with van der Waals surface area (Å²) in [6.45, 7) is 6.02. The minimum absolute atomic E-state index is 0.0298. The molecule has 2 atom stereocenters. The number of rotatable bonds is 5. The van der Waals surface area contributed by atoms with Crippen LogP contribution in [0.1, 0.15) is 43.2 Å². The van der Waals surface area contributed by atoms with Crippen LogP contribution in [0.4, 0.5) is 4.79 Å². The van der Waals surface area contributed by atoms with E-state index in [1.54, 1.807) is 4.90 Å². The van der Waals surface area contributed by atoms with E-state index >= 15 is 0 Å². The second-order valence-corrected chi connectivity index (χ2v) is 9.69. The first-order valence-electron chi connectivity index (χ1n) is 12.3. The number of morpholine rings is 1. The molecule has 4 aliphatic heterocycles. The summed E-state index contributed by atoms with van der Waals surface area (Å²) in [5.74, 6) is 0.305. The first-order valence-corrected chi connectivity index (χ1v) is 12.3. The molecule has 174 valence electrons. The van der Waals surface area contributed by atoms with Crippen LogP contribution in [-0.4, -0.2) is 84.8 Å². The molecule has 4 heterocycles. The lowest BCUT2D eigenvalue weighted by molar-refractivity contribution is -0.146. The Kier molecular flexibility index (Phi) is 6.64. The summed E-state index contributed by atoms with van der Waals surface area (Å²) < 4.78 is 11.2. The number of hydrogen-bond donors (Lipinski definition) is 0. The van der Waals surface area contributed by atoms with Crippen LogP contribution in [0.15, 0.2) is 24.3 Å². The molecule has 1 aromatic rings. The van der Waals surface area contributed by atoms with Crippen LogP contribution in [-0.2, 0) is 27.2 Å². The highest BCUT2D eigenvalue weighted by Gasteiger charge is 2.43. The van der Waals surface area contributed by atoms with Crippen LogP contribution in [0.3, 0.4) is 0 Å². The number of likely N-dealkylation sites (tertiary alicyclic amines) is 1. The van der Waals surface area contributed by atoms with Crippen molar-refractivity contribution >= 4 is 12.0 Å². The third-order valence-electron chi connectivity index (χ3n) is 7.65. The average Bonchev–Trinajstić information content (AvgIpc) is 3.09. The highest BCUT2D eigenvalue weighted by molar-refractivity contribution is 5.80. The lowest BCUT2D eigenvalue weighted by atomic mass is 9.94. The van der Waals surface area contributed by atoms with E-state index in [0.29, 0.717) is 32.9 Å². The van der Waals surface area contributed by atoms with Crippen molar-refractivity contribution in [2.24, 2.45) is 5.92 Å². The topological polar surface area (TPSA) is 62.3 Å². The quantitative estimate of drug-likeness (QED) is 0.658. The first-order chi connectivity index (χ1) is 15.7. The van der Waals surface area contributed by atoms with Gasteiger partial charge < -0.3 is 19.3 Å². The van der Waals surface area contributed by atoms with Crippen molar-refractivity contribution in [1.29, 1.82) is 0 Å². The fourth-order valence-corrected chi connectivity index (χ4v) is 5.79. The summed E-state index contributed by atoms with van der Waals surface area (Å²) in [4.78, 5) is 31.9. The maximum Gasteiger partial charge on any atom is 0.409 e. The van der Waals surface area contributed by atoms with Crippen LogP contribution in [0, 0.1) is 5.92 Å².